The molecule has 1 aromatic carbocycles. The van der Waals surface area contributed by atoms with Gasteiger partial charge in [-0.25, -0.2) is 8.42 Å². The highest BCUT2D eigenvalue weighted by atomic mass is 32.2. The molecule has 0 heterocycles. The van der Waals surface area contributed by atoms with Crippen molar-refractivity contribution in [2.45, 2.75) is 32.1 Å². The van der Waals surface area contributed by atoms with Gasteiger partial charge in [-0.1, -0.05) is 6.07 Å². The number of rotatable bonds is 7. The van der Waals surface area contributed by atoms with Gasteiger partial charge in [0, 0.05) is 6.04 Å². The predicted octanol–water partition coefficient (Wildman–Crippen LogP) is 1.92. The molecule has 2 N–H and O–H groups in total. The molecule has 0 aromatic heterocycles. The van der Waals surface area contributed by atoms with E-state index in [-0.39, 0.29) is 18.4 Å². The second-order valence-electron chi connectivity index (χ2n) is 4.96. The summed E-state index contributed by atoms with van der Waals surface area (Å²) in [5.41, 5.74) is 6.74. The molecule has 6 heteroatoms. The van der Waals surface area contributed by atoms with Crippen molar-refractivity contribution < 1.29 is 17.9 Å². The van der Waals surface area contributed by atoms with Gasteiger partial charge in [-0.05, 0) is 38.5 Å². The fourth-order valence-electron chi connectivity index (χ4n) is 1.59. The molecule has 0 bridgehead atoms. The van der Waals surface area contributed by atoms with Crippen LogP contribution in [0.4, 0.5) is 0 Å². The molecule has 0 saturated heterocycles. The summed E-state index contributed by atoms with van der Waals surface area (Å²) in [7, 11) is -1.56. The standard InChI is InChI=1S/C14H23NO4S/c1-10(2)20(16,17)8-7-19-13-6-5-12(11(3)15)9-14(13)18-4/h5-6,9-11H,7-8,15H2,1-4H3/t11-/m1/s1. The van der Waals surface area contributed by atoms with Gasteiger partial charge in [0.2, 0.25) is 0 Å². The second kappa shape index (κ2) is 6.95. The van der Waals surface area contributed by atoms with Gasteiger partial charge >= 0.3 is 0 Å². The third-order valence-corrected chi connectivity index (χ3v) is 5.23. The highest BCUT2D eigenvalue weighted by Gasteiger charge is 2.16. The van der Waals surface area contributed by atoms with Crippen LogP contribution < -0.4 is 15.2 Å². The minimum absolute atomic E-state index is 0.0110. The van der Waals surface area contributed by atoms with Crippen LogP contribution in [0.3, 0.4) is 0 Å². The quantitative estimate of drug-likeness (QED) is 0.832. The van der Waals surface area contributed by atoms with Crippen molar-refractivity contribution in [3.63, 3.8) is 0 Å². The Morgan fingerprint density at radius 1 is 1.20 bits per heavy atom. The zero-order valence-electron chi connectivity index (χ0n) is 12.4. The Kier molecular flexibility index (Phi) is 5.83. The van der Waals surface area contributed by atoms with Gasteiger partial charge in [-0.15, -0.1) is 0 Å². The molecule has 1 aromatic rings. The van der Waals surface area contributed by atoms with E-state index in [0.717, 1.165) is 5.56 Å². The Hall–Kier alpha value is -1.27. The lowest BCUT2D eigenvalue weighted by Crippen LogP contribution is -2.22. The molecule has 0 unspecified atom stereocenters. The van der Waals surface area contributed by atoms with Gasteiger partial charge in [-0.3, -0.25) is 0 Å². The Bertz CT molecular complexity index is 538. The zero-order valence-corrected chi connectivity index (χ0v) is 13.2. The first kappa shape index (κ1) is 16.8. The first-order valence-electron chi connectivity index (χ1n) is 6.55. The molecule has 0 amide bonds. The van der Waals surface area contributed by atoms with E-state index in [1.807, 2.05) is 13.0 Å². The van der Waals surface area contributed by atoms with Gasteiger partial charge in [-0.2, -0.15) is 0 Å². The lowest BCUT2D eigenvalue weighted by molar-refractivity contribution is 0.311. The molecule has 1 atom stereocenters. The SMILES string of the molecule is COc1cc([C@@H](C)N)ccc1OCCS(=O)(=O)C(C)C. The van der Waals surface area contributed by atoms with Gasteiger partial charge in [0.15, 0.2) is 21.3 Å². The fourth-order valence-corrected chi connectivity index (χ4v) is 2.38. The summed E-state index contributed by atoms with van der Waals surface area (Å²) in [5.74, 6) is 1.07. The van der Waals surface area contributed by atoms with E-state index in [1.165, 1.54) is 7.11 Å². The van der Waals surface area contributed by atoms with Crippen LogP contribution in [-0.2, 0) is 9.84 Å². The molecule has 0 saturated carbocycles. The molecule has 20 heavy (non-hydrogen) atoms. The molecule has 0 spiro atoms. The molecule has 5 nitrogen and oxygen atoms in total. The van der Waals surface area contributed by atoms with E-state index in [4.69, 9.17) is 15.2 Å². The van der Waals surface area contributed by atoms with Gasteiger partial charge in [0.1, 0.15) is 6.61 Å². The maximum atomic E-state index is 11.7. The van der Waals surface area contributed by atoms with Crippen LogP contribution in [0.5, 0.6) is 11.5 Å². The first-order chi connectivity index (χ1) is 9.27. The predicted molar refractivity (Wildman–Crippen MR) is 80.0 cm³/mol. The maximum absolute atomic E-state index is 11.7. The minimum atomic E-state index is -3.10. The van der Waals surface area contributed by atoms with Crippen LogP contribution in [0, 0.1) is 0 Å². The van der Waals surface area contributed by atoms with Crippen molar-refractivity contribution in [2.24, 2.45) is 5.73 Å². The van der Waals surface area contributed by atoms with E-state index >= 15 is 0 Å². The largest absolute Gasteiger partial charge is 0.493 e. The van der Waals surface area contributed by atoms with E-state index in [0.29, 0.717) is 11.5 Å². The van der Waals surface area contributed by atoms with Crippen LogP contribution in [0.2, 0.25) is 0 Å². The highest BCUT2D eigenvalue weighted by Crippen LogP contribution is 2.29. The van der Waals surface area contributed by atoms with E-state index in [1.54, 1.807) is 26.0 Å². The number of hydrogen-bond donors (Lipinski definition) is 1. The molecular weight excluding hydrogens is 278 g/mol. The van der Waals surface area contributed by atoms with Crippen LogP contribution >= 0.6 is 0 Å². The summed E-state index contributed by atoms with van der Waals surface area (Å²) in [6.45, 7) is 5.31. The van der Waals surface area contributed by atoms with E-state index in [9.17, 15) is 8.42 Å². The van der Waals surface area contributed by atoms with Crippen molar-refractivity contribution >= 4 is 9.84 Å². The molecule has 0 aliphatic rings. The molecular formula is C14H23NO4S. The van der Waals surface area contributed by atoms with Crippen molar-refractivity contribution in [3.8, 4) is 11.5 Å². The monoisotopic (exact) mass is 301 g/mol. The maximum Gasteiger partial charge on any atom is 0.161 e. The molecule has 1 rings (SSSR count). The number of nitrogens with two attached hydrogens (primary N) is 1. The first-order valence-corrected chi connectivity index (χ1v) is 8.27. The van der Waals surface area contributed by atoms with E-state index < -0.39 is 15.1 Å². The lowest BCUT2D eigenvalue weighted by atomic mass is 10.1. The molecule has 0 aliphatic heterocycles. The average Bonchev–Trinajstić information content (AvgIpc) is 2.38. The summed E-state index contributed by atoms with van der Waals surface area (Å²) < 4.78 is 34.1. The number of methoxy groups -OCH3 is 1. The van der Waals surface area contributed by atoms with Crippen LogP contribution in [0.15, 0.2) is 18.2 Å². The van der Waals surface area contributed by atoms with Crippen molar-refractivity contribution in [1.29, 1.82) is 0 Å². The Morgan fingerprint density at radius 3 is 2.35 bits per heavy atom. The van der Waals surface area contributed by atoms with Crippen LogP contribution in [0.1, 0.15) is 32.4 Å². The normalized spacial score (nSPS) is 13.3. The summed E-state index contributed by atoms with van der Waals surface area (Å²) in [4.78, 5) is 0. The van der Waals surface area contributed by atoms with Crippen LogP contribution in [-0.4, -0.2) is 33.1 Å². The third-order valence-electron chi connectivity index (χ3n) is 3.06. The molecule has 0 radical (unpaired) electrons. The minimum Gasteiger partial charge on any atom is -0.493 e. The number of hydrogen-bond acceptors (Lipinski definition) is 5. The van der Waals surface area contributed by atoms with Gasteiger partial charge in [0.05, 0.1) is 18.1 Å². The summed E-state index contributed by atoms with van der Waals surface area (Å²) in [6, 6.07) is 5.30. The number of benzene rings is 1. The summed E-state index contributed by atoms with van der Waals surface area (Å²) in [6.07, 6.45) is 0. The fraction of sp³-hybridized carbons (Fsp3) is 0.571. The highest BCUT2D eigenvalue weighted by molar-refractivity contribution is 7.91. The topological polar surface area (TPSA) is 78.6 Å². The Labute approximate surface area is 121 Å². The molecule has 0 fully saturated rings. The van der Waals surface area contributed by atoms with Gasteiger partial charge in [0.25, 0.3) is 0 Å². The summed E-state index contributed by atoms with van der Waals surface area (Å²) >= 11 is 0. The lowest BCUT2D eigenvalue weighted by Gasteiger charge is -2.14. The zero-order chi connectivity index (χ0) is 15.3. The third kappa shape index (κ3) is 4.38. The van der Waals surface area contributed by atoms with Crippen LogP contribution in [0.25, 0.3) is 0 Å². The van der Waals surface area contributed by atoms with Crippen molar-refractivity contribution in [2.75, 3.05) is 19.5 Å². The Balaban J connectivity index is 2.74. The van der Waals surface area contributed by atoms with Crippen molar-refractivity contribution in [1.82, 2.24) is 0 Å². The molecule has 0 aliphatic carbocycles. The van der Waals surface area contributed by atoms with E-state index in [2.05, 4.69) is 0 Å². The number of ether oxygens (including phenoxy) is 2. The Morgan fingerprint density at radius 2 is 1.85 bits per heavy atom. The van der Waals surface area contributed by atoms with Crippen molar-refractivity contribution in [3.05, 3.63) is 23.8 Å². The average molecular weight is 301 g/mol. The smallest absolute Gasteiger partial charge is 0.161 e. The second-order valence-corrected chi connectivity index (χ2v) is 7.64. The number of sulfone groups is 1. The summed E-state index contributed by atoms with van der Waals surface area (Å²) in [5, 5.41) is -0.395. The molecule has 114 valence electrons. The van der Waals surface area contributed by atoms with Gasteiger partial charge < -0.3 is 15.2 Å².